The summed E-state index contributed by atoms with van der Waals surface area (Å²) in [6.45, 7) is 4.19. The molecule has 3 rings (SSSR count). The third-order valence-electron chi connectivity index (χ3n) is 4.03. The Hall–Kier alpha value is -1.74. The second kappa shape index (κ2) is 6.81. The van der Waals surface area contributed by atoms with Gasteiger partial charge in [0.25, 0.3) is 0 Å². The van der Waals surface area contributed by atoms with Crippen molar-refractivity contribution < 1.29 is 0 Å². The van der Waals surface area contributed by atoms with E-state index in [9.17, 15) is 0 Å². The van der Waals surface area contributed by atoms with Crippen molar-refractivity contribution in [2.24, 2.45) is 0 Å². The van der Waals surface area contributed by atoms with E-state index in [-0.39, 0.29) is 0 Å². The van der Waals surface area contributed by atoms with E-state index in [2.05, 4.69) is 42.6 Å². The van der Waals surface area contributed by atoms with Gasteiger partial charge in [-0.25, -0.2) is 9.97 Å². The molecule has 0 saturated carbocycles. The standard InChI is InChI=1S/C18H23N3/c1-2-6-16-15-13-19-12-11-17(15)21-18(20-16)10-9-14-7-4-3-5-8-14/h3-5,7-8,19H,2,6,9-13H2,1H3. The minimum Gasteiger partial charge on any atom is -0.312 e. The topological polar surface area (TPSA) is 37.8 Å². The van der Waals surface area contributed by atoms with Crippen LogP contribution >= 0.6 is 0 Å². The Morgan fingerprint density at radius 1 is 1.05 bits per heavy atom. The van der Waals surface area contributed by atoms with Crippen LogP contribution < -0.4 is 5.32 Å². The molecule has 21 heavy (non-hydrogen) atoms. The highest BCUT2D eigenvalue weighted by molar-refractivity contribution is 5.29. The lowest BCUT2D eigenvalue weighted by atomic mass is 10.0. The predicted molar refractivity (Wildman–Crippen MR) is 85.3 cm³/mol. The zero-order valence-electron chi connectivity index (χ0n) is 12.7. The van der Waals surface area contributed by atoms with Gasteiger partial charge < -0.3 is 5.32 Å². The summed E-state index contributed by atoms with van der Waals surface area (Å²) in [6.07, 6.45) is 5.18. The summed E-state index contributed by atoms with van der Waals surface area (Å²) in [6, 6.07) is 10.6. The fourth-order valence-corrected chi connectivity index (χ4v) is 2.93. The van der Waals surface area contributed by atoms with Crippen LogP contribution in [0, 0.1) is 0 Å². The Morgan fingerprint density at radius 3 is 2.71 bits per heavy atom. The van der Waals surface area contributed by atoms with Crippen molar-refractivity contribution >= 4 is 0 Å². The summed E-state index contributed by atoms with van der Waals surface area (Å²) >= 11 is 0. The summed E-state index contributed by atoms with van der Waals surface area (Å²) in [7, 11) is 0. The van der Waals surface area contributed by atoms with Crippen LogP contribution in [0.25, 0.3) is 0 Å². The van der Waals surface area contributed by atoms with Gasteiger partial charge in [0.1, 0.15) is 5.82 Å². The van der Waals surface area contributed by atoms with Crippen molar-refractivity contribution in [2.75, 3.05) is 6.54 Å². The monoisotopic (exact) mass is 281 g/mol. The van der Waals surface area contributed by atoms with Gasteiger partial charge in [-0.1, -0.05) is 43.7 Å². The average Bonchev–Trinajstić information content (AvgIpc) is 2.54. The maximum absolute atomic E-state index is 4.84. The Morgan fingerprint density at radius 2 is 1.90 bits per heavy atom. The van der Waals surface area contributed by atoms with Crippen molar-refractivity contribution in [2.45, 2.75) is 45.6 Å². The molecule has 0 amide bonds. The van der Waals surface area contributed by atoms with E-state index in [1.54, 1.807) is 0 Å². The van der Waals surface area contributed by atoms with E-state index in [1.165, 1.54) is 22.5 Å². The van der Waals surface area contributed by atoms with Gasteiger partial charge >= 0.3 is 0 Å². The normalized spacial score (nSPS) is 14.0. The van der Waals surface area contributed by atoms with Gasteiger partial charge in [-0.3, -0.25) is 0 Å². The van der Waals surface area contributed by atoms with E-state index in [0.29, 0.717) is 0 Å². The molecular weight excluding hydrogens is 258 g/mol. The molecule has 0 spiro atoms. The lowest BCUT2D eigenvalue weighted by Crippen LogP contribution is -2.27. The fraction of sp³-hybridized carbons (Fsp3) is 0.444. The molecule has 1 N–H and O–H groups in total. The number of hydrogen-bond donors (Lipinski definition) is 1. The highest BCUT2D eigenvalue weighted by Crippen LogP contribution is 2.18. The predicted octanol–water partition coefficient (Wildman–Crippen LogP) is 2.86. The second-order valence-corrected chi connectivity index (χ2v) is 5.67. The van der Waals surface area contributed by atoms with Crippen LogP contribution in [-0.4, -0.2) is 16.5 Å². The SMILES string of the molecule is CCCc1nc(CCc2ccccc2)nc2c1CNCC2. The van der Waals surface area contributed by atoms with Gasteiger partial charge in [0.15, 0.2) is 0 Å². The third kappa shape index (κ3) is 3.48. The molecule has 0 radical (unpaired) electrons. The summed E-state index contributed by atoms with van der Waals surface area (Å²) < 4.78 is 0. The molecule has 1 aromatic carbocycles. The summed E-state index contributed by atoms with van der Waals surface area (Å²) in [4.78, 5) is 9.66. The largest absolute Gasteiger partial charge is 0.312 e. The summed E-state index contributed by atoms with van der Waals surface area (Å²) in [5.41, 5.74) is 5.25. The zero-order chi connectivity index (χ0) is 14.5. The molecule has 0 saturated heterocycles. The Balaban J connectivity index is 1.80. The van der Waals surface area contributed by atoms with Gasteiger partial charge in [-0.2, -0.15) is 0 Å². The molecule has 3 nitrogen and oxygen atoms in total. The first-order chi connectivity index (χ1) is 10.4. The molecule has 0 fully saturated rings. The molecule has 1 aliphatic rings. The first-order valence-corrected chi connectivity index (χ1v) is 7.99. The van der Waals surface area contributed by atoms with Crippen LogP contribution in [-0.2, 0) is 32.2 Å². The number of fused-ring (bicyclic) bond motifs is 1. The molecule has 1 aromatic heterocycles. The average molecular weight is 281 g/mol. The quantitative estimate of drug-likeness (QED) is 0.916. The number of benzene rings is 1. The number of aryl methyl sites for hydroxylation is 3. The van der Waals surface area contributed by atoms with Gasteiger partial charge in [-0.05, 0) is 18.4 Å². The van der Waals surface area contributed by atoms with E-state index >= 15 is 0 Å². The Labute approximate surface area is 126 Å². The maximum Gasteiger partial charge on any atom is 0.129 e. The second-order valence-electron chi connectivity index (χ2n) is 5.67. The van der Waals surface area contributed by atoms with Gasteiger partial charge in [0, 0.05) is 37.2 Å². The number of aromatic nitrogens is 2. The van der Waals surface area contributed by atoms with Crippen LogP contribution in [0.15, 0.2) is 30.3 Å². The summed E-state index contributed by atoms with van der Waals surface area (Å²) in [5.74, 6) is 1.02. The van der Waals surface area contributed by atoms with Crippen molar-refractivity contribution in [3.63, 3.8) is 0 Å². The smallest absolute Gasteiger partial charge is 0.129 e. The minimum atomic E-state index is 0.932. The van der Waals surface area contributed by atoms with Crippen LogP contribution in [0.4, 0.5) is 0 Å². The molecule has 0 aliphatic carbocycles. The lowest BCUT2D eigenvalue weighted by molar-refractivity contribution is 0.606. The molecule has 2 heterocycles. The van der Waals surface area contributed by atoms with Crippen LogP contribution in [0.3, 0.4) is 0 Å². The van der Waals surface area contributed by atoms with Crippen molar-refractivity contribution in [1.29, 1.82) is 0 Å². The van der Waals surface area contributed by atoms with Crippen LogP contribution in [0.2, 0.25) is 0 Å². The highest BCUT2D eigenvalue weighted by atomic mass is 14.9. The molecular formula is C18H23N3. The highest BCUT2D eigenvalue weighted by Gasteiger charge is 2.16. The van der Waals surface area contributed by atoms with Crippen molar-refractivity contribution in [1.82, 2.24) is 15.3 Å². The number of nitrogens with zero attached hydrogens (tertiary/aromatic N) is 2. The minimum absolute atomic E-state index is 0.932. The van der Waals surface area contributed by atoms with Gasteiger partial charge in [-0.15, -0.1) is 0 Å². The lowest BCUT2D eigenvalue weighted by Gasteiger charge is -2.20. The molecule has 3 heteroatoms. The van der Waals surface area contributed by atoms with Crippen LogP contribution in [0.5, 0.6) is 0 Å². The molecule has 1 aliphatic heterocycles. The zero-order valence-corrected chi connectivity index (χ0v) is 12.7. The van der Waals surface area contributed by atoms with E-state index in [4.69, 9.17) is 9.97 Å². The maximum atomic E-state index is 4.84. The van der Waals surface area contributed by atoms with Gasteiger partial charge in [0.2, 0.25) is 0 Å². The summed E-state index contributed by atoms with van der Waals surface area (Å²) in [5, 5.41) is 3.44. The molecule has 110 valence electrons. The van der Waals surface area contributed by atoms with Crippen molar-refractivity contribution in [3.8, 4) is 0 Å². The Bertz CT molecular complexity index is 593. The Kier molecular flexibility index (Phi) is 4.61. The van der Waals surface area contributed by atoms with Gasteiger partial charge in [0.05, 0.1) is 5.69 Å². The van der Waals surface area contributed by atoms with E-state index in [0.717, 1.165) is 51.0 Å². The van der Waals surface area contributed by atoms with Crippen LogP contribution in [0.1, 0.15) is 41.7 Å². The number of rotatable bonds is 5. The molecule has 2 aromatic rings. The fourth-order valence-electron chi connectivity index (χ4n) is 2.93. The molecule has 0 bridgehead atoms. The number of hydrogen-bond acceptors (Lipinski definition) is 3. The number of nitrogens with one attached hydrogen (secondary N) is 1. The molecule has 0 atom stereocenters. The third-order valence-corrected chi connectivity index (χ3v) is 4.03. The van der Waals surface area contributed by atoms with Crippen molar-refractivity contribution in [3.05, 3.63) is 58.7 Å². The molecule has 0 unspecified atom stereocenters. The van der Waals surface area contributed by atoms with E-state index < -0.39 is 0 Å². The van der Waals surface area contributed by atoms with E-state index in [1.807, 2.05) is 0 Å². The first-order valence-electron chi connectivity index (χ1n) is 7.99. The first kappa shape index (κ1) is 14.2.